The number of hydrogen-bond donors (Lipinski definition) is 0. The Balaban J connectivity index is 1.91. The van der Waals surface area contributed by atoms with Crippen LogP contribution in [0, 0.1) is 0 Å². The fourth-order valence-electron chi connectivity index (χ4n) is 2.91. The molecule has 0 aromatic heterocycles. The third kappa shape index (κ3) is 5.17. The first-order valence-electron chi connectivity index (χ1n) is 8.64. The van der Waals surface area contributed by atoms with Crippen molar-refractivity contribution in [1.82, 2.24) is 14.1 Å². The first-order chi connectivity index (χ1) is 11.9. The molecule has 140 valence electrons. The van der Waals surface area contributed by atoms with Gasteiger partial charge in [0.05, 0.1) is 4.90 Å². The molecule has 0 bridgehead atoms. The van der Waals surface area contributed by atoms with Gasteiger partial charge in [-0.1, -0.05) is 31.5 Å². The Labute approximate surface area is 155 Å². The molecule has 0 saturated carbocycles. The molecule has 1 saturated heterocycles. The highest BCUT2D eigenvalue weighted by Gasteiger charge is 2.30. The van der Waals surface area contributed by atoms with E-state index in [-0.39, 0.29) is 10.8 Å². The second-order valence-corrected chi connectivity index (χ2v) is 8.39. The maximum absolute atomic E-state index is 12.7. The lowest BCUT2D eigenvalue weighted by molar-refractivity contribution is -0.132. The Bertz CT molecular complexity index is 684. The van der Waals surface area contributed by atoms with Crippen LogP contribution in [-0.4, -0.2) is 74.2 Å². The minimum Gasteiger partial charge on any atom is -0.340 e. The van der Waals surface area contributed by atoms with Gasteiger partial charge in [0.2, 0.25) is 15.9 Å². The second kappa shape index (κ2) is 8.98. The van der Waals surface area contributed by atoms with Gasteiger partial charge in [-0.2, -0.15) is 4.31 Å². The number of amides is 1. The van der Waals surface area contributed by atoms with E-state index in [4.69, 9.17) is 11.6 Å². The summed E-state index contributed by atoms with van der Waals surface area (Å²) in [4.78, 5) is 16.5. The smallest absolute Gasteiger partial charge is 0.243 e. The predicted octanol–water partition coefficient (Wildman–Crippen LogP) is 1.90. The Morgan fingerprint density at radius 1 is 1.16 bits per heavy atom. The topological polar surface area (TPSA) is 60.9 Å². The average Bonchev–Trinajstić information content (AvgIpc) is 2.62. The number of rotatable bonds is 7. The van der Waals surface area contributed by atoms with Gasteiger partial charge in [0, 0.05) is 44.2 Å². The van der Waals surface area contributed by atoms with Gasteiger partial charge in [-0.15, -0.1) is 0 Å². The number of nitrogens with zero attached hydrogens (tertiary/aromatic N) is 3. The summed E-state index contributed by atoms with van der Waals surface area (Å²) >= 11 is 5.90. The van der Waals surface area contributed by atoms with E-state index in [1.807, 2.05) is 0 Å². The third-order valence-electron chi connectivity index (χ3n) is 4.56. The van der Waals surface area contributed by atoms with Crippen molar-refractivity contribution in [3.05, 3.63) is 29.3 Å². The van der Waals surface area contributed by atoms with E-state index >= 15 is 0 Å². The molecule has 1 aliphatic heterocycles. The summed E-state index contributed by atoms with van der Waals surface area (Å²) in [6.07, 6.45) is 0.475. The Kier molecular flexibility index (Phi) is 7.25. The molecule has 0 unspecified atom stereocenters. The summed E-state index contributed by atoms with van der Waals surface area (Å²) in [5.74, 6) is 0.0895. The van der Waals surface area contributed by atoms with Crippen LogP contribution in [0.3, 0.4) is 0 Å². The van der Waals surface area contributed by atoms with Crippen LogP contribution in [0.2, 0.25) is 5.02 Å². The number of sulfonamides is 1. The van der Waals surface area contributed by atoms with Crippen molar-refractivity contribution < 1.29 is 13.2 Å². The summed E-state index contributed by atoms with van der Waals surface area (Å²) in [5.41, 5.74) is 0. The molecule has 0 atom stereocenters. The van der Waals surface area contributed by atoms with Gasteiger partial charge in [0.1, 0.15) is 0 Å². The van der Waals surface area contributed by atoms with Gasteiger partial charge in [-0.25, -0.2) is 8.42 Å². The Morgan fingerprint density at radius 2 is 1.80 bits per heavy atom. The molecule has 1 heterocycles. The Morgan fingerprint density at radius 3 is 2.36 bits per heavy atom. The maximum Gasteiger partial charge on any atom is 0.243 e. The molecule has 0 radical (unpaired) electrons. The predicted molar refractivity (Wildman–Crippen MR) is 99.2 cm³/mol. The van der Waals surface area contributed by atoms with Crippen LogP contribution < -0.4 is 0 Å². The molecule has 2 rings (SSSR count). The van der Waals surface area contributed by atoms with Crippen LogP contribution in [0.25, 0.3) is 0 Å². The van der Waals surface area contributed by atoms with E-state index < -0.39 is 10.0 Å². The zero-order valence-electron chi connectivity index (χ0n) is 14.8. The largest absolute Gasteiger partial charge is 0.340 e. The number of halogens is 1. The first kappa shape index (κ1) is 20.2. The van der Waals surface area contributed by atoms with Gasteiger partial charge >= 0.3 is 0 Å². The lowest BCUT2D eigenvalue weighted by Gasteiger charge is -2.34. The van der Waals surface area contributed by atoms with E-state index in [9.17, 15) is 13.2 Å². The number of hydrogen-bond acceptors (Lipinski definition) is 4. The van der Waals surface area contributed by atoms with Crippen LogP contribution in [0.4, 0.5) is 0 Å². The van der Waals surface area contributed by atoms with E-state index in [0.717, 1.165) is 19.6 Å². The molecule has 1 amide bonds. The van der Waals surface area contributed by atoms with Gasteiger partial charge < -0.3 is 9.80 Å². The van der Waals surface area contributed by atoms with Gasteiger partial charge in [-0.3, -0.25) is 4.79 Å². The van der Waals surface area contributed by atoms with Gasteiger partial charge in [0.15, 0.2) is 0 Å². The summed E-state index contributed by atoms with van der Waals surface area (Å²) in [7, 11) is -3.56. The molecular weight excluding hydrogens is 362 g/mol. The van der Waals surface area contributed by atoms with Crippen LogP contribution in [0.1, 0.15) is 20.3 Å². The van der Waals surface area contributed by atoms with Crippen molar-refractivity contribution in [2.24, 2.45) is 0 Å². The minimum absolute atomic E-state index is 0.0895. The van der Waals surface area contributed by atoms with Crippen molar-refractivity contribution in [1.29, 1.82) is 0 Å². The molecule has 0 N–H and O–H groups in total. The fourth-order valence-corrected chi connectivity index (χ4v) is 4.63. The maximum atomic E-state index is 12.7. The zero-order chi connectivity index (χ0) is 18.4. The molecule has 1 aromatic rings. The monoisotopic (exact) mass is 387 g/mol. The third-order valence-corrected chi connectivity index (χ3v) is 6.69. The first-order valence-corrected chi connectivity index (χ1v) is 10.5. The van der Waals surface area contributed by atoms with Crippen molar-refractivity contribution in [2.45, 2.75) is 25.2 Å². The van der Waals surface area contributed by atoms with Crippen molar-refractivity contribution in [3.8, 4) is 0 Å². The zero-order valence-corrected chi connectivity index (χ0v) is 16.4. The van der Waals surface area contributed by atoms with Gasteiger partial charge in [-0.05, 0) is 31.3 Å². The molecule has 25 heavy (non-hydrogen) atoms. The van der Waals surface area contributed by atoms with Crippen LogP contribution >= 0.6 is 11.6 Å². The van der Waals surface area contributed by atoms with Crippen LogP contribution in [0.15, 0.2) is 29.2 Å². The number of benzene rings is 1. The van der Waals surface area contributed by atoms with E-state index in [1.165, 1.54) is 10.4 Å². The van der Waals surface area contributed by atoms with Crippen LogP contribution in [-0.2, 0) is 14.8 Å². The molecule has 1 aliphatic rings. The molecule has 1 fully saturated rings. The molecule has 8 heteroatoms. The molecule has 6 nitrogen and oxygen atoms in total. The van der Waals surface area contributed by atoms with Crippen molar-refractivity contribution >= 4 is 27.5 Å². The van der Waals surface area contributed by atoms with E-state index in [1.54, 1.807) is 23.1 Å². The van der Waals surface area contributed by atoms with E-state index in [2.05, 4.69) is 18.7 Å². The van der Waals surface area contributed by atoms with E-state index in [0.29, 0.717) is 37.6 Å². The summed E-state index contributed by atoms with van der Waals surface area (Å²) < 4.78 is 26.8. The number of carbonyl (C=O) groups excluding carboxylic acids is 1. The molecule has 0 aliphatic carbocycles. The summed E-state index contributed by atoms with van der Waals surface area (Å²) in [6, 6.07) is 6.27. The lowest BCUT2D eigenvalue weighted by atomic mass is 10.3. The normalized spacial score (nSPS) is 16.4. The number of piperazine rings is 1. The summed E-state index contributed by atoms with van der Waals surface area (Å²) in [6.45, 7) is 8.23. The Hall–Kier alpha value is -1.15. The standard InChI is InChI=1S/C17H26ClN3O3S/c1-3-19(4-2)9-8-17(22)20-10-12-21(13-11-20)25(23,24)16-7-5-6-15(18)14-16/h5-7,14H,3-4,8-13H2,1-2H3. The molecular formula is C17H26ClN3O3S. The SMILES string of the molecule is CCN(CC)CCC(=O)N1CCN(S(=O)(=O)c2cccc(Cl)c2)CC1. The highest BCUT2D eigenvalue weighted by molar-refractivity contribution is 7.89. The molecule has 1 aromatic carbocycles. The minimum atomic E-state index is -3.56. The van der Waals surface area contributed by atoms with Crippen molar-refractivity contribution in [3.63, 3.8) is 0 Å². The quantitative estimate of drug-likeness (QED) is 0.717. The fraction of sp³-hybridized carbons (Fsp3) is 0.588. The van der Waals surface area contributed by atoms with Gasteiger partial charge in [0.25, 0.3) is 0 Å². The molecule has 0 spiro atoms. The highest BCUT2D eigenvalue weighted by Crippen LogP contribution is 2.21. The highest BCUT2D eigenvalue weighted by atomic mass is 35.5. The lowest BCUT2D eigenvalue weighted by Crippen LogP contribution is -2.50. The van der Waals surface area contributed by atoms with Crippen LogP contribution in [0.5, 0.6) is 0 Å². The second-order valence-electron chi connectivity index (χ2n) is 6.02. The summed E-state index contributed by atoms with van der Waals surface area (Å²) in [5, 5.41) is 0.395. The number of carbonyl (C=O) groups is 1. The average molecular weight is 388 g/mol. The van der Waals surface area contributed by atoms with Crippen molar-refractivity contribution in [2.75, 3.05) is 45.8 Å².